The first kappa shape index (κ1) is 11.0. The molecule has 3 unspecified atom stereocenters. The molecule has 1 N–H and O–H groups in total. The average Bonchev–Trinajstić information content (AvgIpc) is 2.13. The zero-order valence-corrected chi connectivity index (χ0v) is 9.55. The number of rotatable bonds is 0. The Bertz CT molecular complexity index is 162. The largest absolute Gasteiger partial charge is 0.377 e. The topological polar surface area (TPSA) is 21.3 Å². The fourth-order valence-corrected chi connectivity index (χ4v) is 1.74. The van der Waals surface area contributed by atoms with Crippen molar-refractivity contribution in [2.45, 2.75) is 59.2 Å². The molecule has 1 heterocycles. The molecule has 2 nitrogen and oxygen atoms in total. The summed E-state index contributed by atoms with van der Waals surface area (Å²) >= 11 is 0. The van der Waals surface area contributed by atoms with Crippen LogP contribution in [-0.4, -0.2) is 24.8 Å². The van der Waals surface area contributed by atoms with E-state index in [2.05, 4.69) is 39.9 Å². The van der Waals surface area contributed by atoms with E-state index in [-0.39, 0.29) is 0 Å². The summed E-state index contributed by atoms with van der Waals surface area (Å²) in [6.45, 7) is 12.1. The fraction of sp³-hybridized carbons (Fsp3) is 1.00. The quantitative estimate of drug-likeness (QED) is 0.624. The Morgan fingerprint density at radius 3 is 2.38 bits per heavy atom. The van der Waals surface area contributed by atoms with Crippen molar-refractivity contribution in [2.24, 2.45) is 5.41 Å². The highest BCUT2D eigenvalue weighted by Crippen LogP contribution is 2.24. The van der Waals surface area contributed by atoms with Crippen molar-refractivity contribution in [1.29, 1.82) is 0 Å². The minimum atomic E-state index is 0.335. The van der Waals surface area contributed by atoms with Crippen molar-refractivity contribution < 1.29 is 4.74 Å². The normalized spacial score (nSPS) is 37.2. The summed E-state index contributed by atoms with van der Waals surface area (Å²) in [4.78, 5) is 0. The molecule has 0 aromatic rings. The summed E-state index contributed by atoms with van der Waals surface area (Å²) in [6, 6.07) is 1.04. The molecule has 0 bridgehead atoms. The van der Waals surface area contributed by atoms with Crippen LogP contribution in [-0.2, 0) is 4.74 Å². The molecule has 1 aliphatic heterocycles. The first-order chi connectivity index (χ1) is 5.91. The van der Waals surface area contributed by atoms with Crippen LogP contribution in [0.5, 0.6) is 0 Å². The second-order valence-corrected chi connectivity index (χ2v) is 5.24. The van der Waals surface area contributed by atoms with Gasteiger partial charge in [0.1, 0.15) is 0 Å². The molecule has 1 saturated heterocycles. The summed E-state index contributed by atoms with van der Waals surface area (Å²) < 4.78 is 5.68. The van der Waals surface area contributed by atoms with Crippen molar-refractivity contribution in [1.82, 2.24) is 5.32 Å². The smallest absolute Gasteiger partial charge is 0.0697 e. The molecule has 1 fully saturated rings. The van der Waals surface area contributed by atoms with Crippen molar-refractivity contribution in [3.63, 3.8) is 0 Å². The third-order valence-electron chi connectivity index (χ3n) is 3.00. The monoisotopic (exact) mass is 185 g/mol. The number of nitrogens with one attached hydrogen (secondary N) is 1. The SMILES string of the molecule is CC1NC(C(C)(C)C)CCOC1C. The van der Waals surface area contributed by atoms with Gasteiger partial charge in [0.2, 0.25) is 0 Å². The molecule has 0 spiro atoms. The van der Waals surface area contributed by atoms with Gasteiger partial charge < -0.3 is 10.1 Å². The Balaban J connectivity index is 2.59. The highest BCUT2D eigenvalue weighted by molar-refractivity contribution is 4.86. The van der Waals surface area contributed by atoms with Gasteiger partial charge in [-0.05, 0) is 25.7 Å². The summed E-state index contributed by atoms with van der Waals surface area (Å²) in [5.41, 5.74) is 0.335. The molecule has 3 atom stereocenters. The van der Waals surface area contributed by atoms with E-state index < -0.39 is 0 Å². The zero-order chi connectivity index (χ0) is 10.1. The van der Waals surface area contributed by atoms with Gasteiger partial charge >= 0.3 is 0 Å². The summed E-state index contributed by atoms with van der Waals surface area (Å²) in [7, 11) is 0. The number of hydrogen-bond donors (Lipinski definition) is 1. The highest BCUT2D eigenvalue weighted by atomic mass is 16.5. The Morgan fingerprint density at radius 1 is 1.23 bits per heavy atom. The molecule has 0 aromatic carbocycles. The summed E-state index contributed by atoms with van der Waals surface area (Å²) in [5, 5.41) is 3.64. The Kier molecular flexibility index (Phi) is 3.36. The Morgan fingerprint density at radius 2 is 1.85 bits per heavy atom. The van der Waals surface area contributed by atoms with Gasteiger partial charge in [0.25, 0.3) is 0 Å². The maximum Gasteiger partial charge on any atom is 0.0697 e. The van der Waals surface area contributed by atoms with Crippen LogP contribution in [0.25, 0.3) is 0 Å². The first-order valence-corrected chi connectivity index (χ1v) is 5.29. The first-order valence-electron chi connectivity index (χ1n) is 5.29. The second kappa shape index (κ2) is 3.97. The van der Waals surface area contributed by atoms with Crippen LogP contribution in [0.15, 0.2) is 0 Å². The van der Waals surface area contributed by atoms with Gasteiger partial charge in [0, 0.05) is 18.7 Å². The molecule has 0 radical (unpaired) electrons. The maximum absolute atomic E-state index is 5.68. The molecular weight excluding hydrogens is 162 g/mol. The van der Waals surface area contributed by atoms with Gasteiger partial charge in [-0.2, -0.15) is 0 Å². The van der Waals surface area contributed by atoms with Gasteiger partial charge in [-0.3, -0.25) is 0 Å². The van der Waals surface area contributed by atoms with E-state index in [1.807, 2.05) is 0 Å². The lowest BCUT2D eigenvalue weighted by atomic mass is 9.84. The molecular formula is C11H23NO. The number of hydrogen-bond acceptors (Lipinski definition) is 2. The molecule has 2 heteroatoms. The molecule has 13 heavy (non-hydrogen) atoms. The zero-order valence-electron chi connectivity index (χ0n) is 9.55. The molecule has 0 aromatic heterocycles. The van der Waals surface area contributed by atoms with Crippen LogP contribution in [0.1, 0.15) is 41.0 Å². The third-order valence-corrected chi connectivity index (χ3v) is 3.00. The van der Waals surface area contributed by atoms with Crippen LogP contribution in [0.4, 0.5) is 0 Å². The Labute approximate surface area is 82.0 Å². The lowest BCUT2D eigenvalue weighted by Gasteiger charge is -2.32. The summed E-state index contributed by atoms with van der Waals surface area (Å²) in [5.74, 6) is 0. The van der Waals surface area contributed by atoms with Gasteiger partial charge in [0.05, 0.1) is 6.10 Å². The molecule has 0 amide bonds. The average molecular weight is 185 g/mol. The fourth-order valence-electron chi connectivity index (χ4n) is 1.74. The summed E-state index contributed by atoms with van der Waals surface area (Å²) in [6.07, 6.45) is 1.46. The van der Waals surface area contributed by atoms with E-state index >= 15 is 0 Å². The minimum absolute atomic E-state index is 0.335. The second-order valence-electron chi connectivity index (χ2n) is 5.24. The van der Waals surface area contributed by atoms with Gasteiger partial charge in [-0.15, -0.1) is 0 Å². The van der Waals surface area contributed by atoms with Crippen molar-refractivity contribution in [3.05, 3.63) is 0 Å². The predicted octanol–water partition coefficient (Wildman–Crippen LogP) is 2.19. The van der Waals surface area contributed by atoms with E-state index in [1.165, 1.54) is 0 Å². The number of ether oxygens (including phenoxy) is 1. The van der Waals surface area contributed by atoms with Crippen LogP contribution < -0.4 is 5.32 Å². The van der Waals surface area contributed by atoms with Gasteiger partial charge in [-0.25, -0.2) is 0 Å². The van der Waals surface area contributed by atoms with Crippen LogP contribution >= 0.6 is 0 Å². The van der Waals surface area contributed by atoms with E-state index in [0.29, 0.717) is 23.6 Å². The standard InChI is InChI=1S/C11H23NO/c1-8-9(2)13-7-6-10(12-8)11(3,4)5/h8-10,12H,6-7H2,1-5H3. The van der Waals surface area contributed by atoms with E-state index in [0.717, 1.165) is 13.0 Å². The van der Waals surface area contributed by atoms with Gasteiger partial charge in [-0.1, -0.05) is 20.8 Å². The maximum atomic E-state index is 5.68. The molecule has 78 valence electrons. The predicted molar refractivity (Wildman–Crippen MR) is 55.9 cm³/mol. The van der Waals surface area contributed by atoms with Crippen molar-refractivity contribution >= 4 is 0 Å². The van der Waals surface area contributed by atoms with E-state index in [4.69, 9.17) is 4.74 Å². The molecule has 1 aliphatic rings. The lowest BCUT2D eigenvalue weighted by Crippen LogP contribution is -2.46. The van der Waals surface area contributed by atoms with Crippen molar-refractivity contribution in [2.75, 3.05) is 6.61 Å². The van der Waals surface area contributed by atoms with Crippen LogP contribution in [0, 0.1) is 5.41 Å². The highest BCUT2D eigenvalue weighted by Gasteiger charge is 2.29. The molecule has 1 rings (SSSR count). The van der Waals surface area contributed by atoms with Crippen LogP contribution in [0.3, 0.4) is 0 Å². The lowest BCUT2D eigenvalue weighted by molar-refractivity contribution is 0.0602. The third kappa shape index (κ3) is 2.96. The van der Waals surface area contributed by atoms with Crippen molar-refractivity contribution in [3.8, 4) is 0 Å². The Hall–Kier alpha value is -0.0800. The molecule has 0 saturated carbocycles. The van der Waals surface area contributed by atoms with E-state index in [9.17, 15) is 0 Å². The molecule has 0 aliphatic carbocycles. The van der Waals surface area contributed by atoms with Crippen LogP contribution in [0.2, 0.25) is 0 Å². The van der Waals surface area contributed by atoms with Gasteiger partial charge in [0.15, 0.2) is 0 Å². The van der Waals surface area contributed by atoms with E-state index in [1.54, 1.807) is 0 Å². The minimum Gasteiger partial charge on any atom is -0.377 e.